The van der Waals surface area contributed by atoms with E-state index in [4.69, 9.17) is 5.11 Å². The van der Waals surface area contributed by atoms with Crippen LogP contribution in [-0.4, -0.2) is 17.1 Å². The molecule has 0 aromatic heterocycles. The fraction of sp³-hybridized carbons (Fsp3) is 0.462. The molecule has 1 fully saturated rings. The molecule has 98 valence electrons. The maximum Gasteiger partial charge on any atom is 0.336 e. The van der Waals surface area contributed by atoms with Crippen molar-refractivity contribution in [2.75, 3.05) is 5.32 Å². The van der Waals surface area contributed by atoms with E-state index in [9.17, 15) is 9.18 Å². The van der Waals surface area contributed by atoms with Gasteiger partial charge >= 0.3 is 5.97 Å². The molecule has 0 radical (unpaired) electrons. The van der Waals surface area contributed by atoms with Crippen LogP contribution in [0.3, 0.4) is 0 Å². The number of carbonyl (C=O) groups is 1. The molecule has 5 heteroatoms. The van der Waals surface area contributed by atoms with Gasteiger partial charge in [-0.15, -0.1) is 0 Å². The predicted molar refractivity (Wildman–Crippen MR) is 71.5 cm³/mol. The minimum atomic E-state index is -1.14. The van der Waals surface area contributed by atoms with Crippen molar-refractivity contribution in [3.8, 4) is 0 Å². The highest BCUT2D eigenvalue weighted by molar-refractivity contribution is 9.10. The van der Waals surface area contributed by atoms with E-state index in [0.717, 1.165) is 12.3 Å². The molecule has 1 aromatic carbocycles. The molecule has 0 heterocycles. The average Bonchev–Trinajstić information content (AvgIpc) is 3.08. The normalized spacial score (nSPS) is 16.4. The van der Waals surface area contributed by atoms with E-state index in [1.165, 1.54) is 25.0 Å². The third-order valence-electron chi connectivity index (χ3n) is 3.10. The second-order valence-electron chi connectivity index (χ2n) is 4.82. The Morgan fingerprint density at radius 3 is 2.83 bits per heavy atom. The van der Waals surface area contributed by atoms with E-state index in [1.807, 2.05) is 6.92 Å². The lowest BCUT2D eigenvalue weighted by molar-refractivity contribution is 0.0695. The van der Waals surface area contributed by atoms with Gasteiger partial charge in [0.1, 0.15) is 0 Å². The summed E-state index contributed by atoms with van der Waals surface area (Å²) in [5, 5.41) is 12.0. The zero-order valence-electron chi connectivity index (χ0n) is 10.0. The van der Waals surface area contributed by atoms with E-state index in [1.54, 1.807) is 0 Å². The highest BCUT2D eigenvalue weighted by atomic mass is 79.9. The molecule has 0 amide bonds. The Balaban J connectivity index is 2.13. The molecule has 3 nitrogen and oxygen atoms in total. The van der Waals surface area contributed by atoms with Crippen LogP contribution in [0.2, 0.25) is 0 Å². The van der Waals surface area contributed by atoms with Crippen LogP contribution in [-0.2, 0) is 0 Å². The quantitative estimate of drug-likeness (QED) is 0.866. The minimum Gasteiger partial charge on any atom is -0.478 e. The van der Waals surface area contributed by atoms with Crippen LogP contribution in [0, 0.1) is 11.7 Å². The fourth-order valence-corrected chi connectivity index (χ4v) is 2.52. The molecule has 1 saturated carbocycles. The summed E-state index contributed by atoms with van der Waals surface area (Å²) in [5.41, 5.74) is 0.285. The molecule has 0 spiro atoms. The van der Waals surface area contributed by atoms with Crippen molar-refractivity contribution in [1.29, 1.82) is 0 Å². The zero-order chi connectivity index (χ0) is 13.3. The average molecular weight is 316 g/mol. The summed E-state index contributed by atoms with van der Waals surface area (Å²) in [5.74, 6) is -0.923. The highest BCUT2D eigenvalue weighted by Crippen LogP contribution is 2.35. The summed E-state index contributed by atoms with van der Waals surface area (Å²) in [4.78, 5) is 10.8. The molecular formula is C13H15BrFNO2. The van der Waals surface area contributed by atoms with Gasteiger partial charge in [0, 0.05) is 6.04 Å². The van der Waals surface area contributed by atoms with E-state index in [-0.39, 0.29) is 16.1 Å². The molecule has 1 aliphatic carbocycles. The highest BCUT2D eigenvalue weighted by Gasteiger charge is 2.24. The van der Waals surface area contributed by atoms with Gasteiger partial charge < -0.3 is 10.4 Å². The Labute approximate surface area is 114 Å². The van der Waals surface area contributed by atoms with Gasteiger partial charge in [0.05, 0.1) is 15.7 Å². The van der Waals surface area contributed by atoms with Gasteiger partial charge in [0.25, 0.3) is 0 Å². The van der Waals surface area contributed by atoms with Crippen molar-refractivity contribution in [3.05, 3.63) is 28.0 Å². The number of nitrogens with one attached hydrogen (secondary N) is 1. The third kappa shape index (κ3) is 3.02. The number of hydrogen-bond acceptors (Lipinski definition) is 2. The lowest BCUT2D eigenvalue weighted by Crippen LogP contribution is -2.17. The second-order valence-corrected chi connectivity index (χ2v) is 5.61. The maximum atomic E-state index is 14.0. The van der Waals surface area contributed by atoms with Crippen molar-refractivity contribution < 1.29 is 14.3 Å². The summed E-state index contributed by atoms with van der Waals surface area (Å²) in [6, 6.07) is 3.07. The molecule has 1 atom stereocenters. The maximum absolute atomic E-state index is 14.0. The van der Waals surface area contributed by atoms with Crippen LogP contribution in [0.5, 0.6) is 0 Å². The number of hydrogen-bond donors (Lipinski definition) is 2. The standard InChI is InChI=1S/C13H15BrFNO2/c1-7(6-8-2-3-8)16-10-5-4-9(13(17)18)11(14)12(10)15/h4-5,7-8,16H,2-3,6H2,1H3,(H,17,18). The number of rotatable bonds is 5. The van der Waals surface area contributed by atoms with Crippen molar-refractivity contribution in [2.45, 2.75) is 32.2 Å². The SMILES string of the molecule is CC(CC1CC1)Nc1ccc(C(=O)O)c(Br)c1F. The Morgan fingerprint density at radius 2 is 2.28 bits per heavy atom. The molecular weight excluding hydrogens is 301 g/mol. The first-order valence-electron chi connectivity index (χ1n) is 5.97. The number of carboxylic acids is 1. The van der Waals surface area contributed by atoms with Crippen molar-refractivity contribution in [3.63, 3.8) is 0 Å². The third-order valence-corrected chi connectivity index (χ3v) is 3.87. The van der Waals surface area contributed by atoms with E-state index in [0.29, 0.717) is 5.69 Å². The molecule has 0 saturated heterocycles. The van der Waals surface area contributed by atoms with E-state index < -0.39 is 11.8 Å². The molecule has 2 N–H and O–H groups in total. The lowest BCUT2D eigenvalue weighted by atomic mass is 10.1. The summed E-state index contributed by atoms with van der Waals surface area (Å²) >= 11 is 2.99. The van der Waals surface area contributed by atoms with Gasteiger partial charge in [-0.25, -0.2) is 9.18 Å². The van der Waals surface area contributed by atoms with Gasteiger partial charge in [0.15, 0.2) is 5.82 Å². The van der Waals surface area contributed by atoms with Gasteiger partial charge in [-0.1, -0.05) is 12.8 Å². The van der Waals surface area contributed by atoms with Gasteiger partial charge in [-0.05, 0) is 47.3 Å². The van der Waals surface area contributed by atoms with E-state index >= 15 is 0 Å². The van der Waals surface area contributed by atoms with Crippen LogP contribution in [0.15, 0.2) is 16.6 Å². The Morgan fingerprint density at radius 1 is 1.61 bits per heavy atom. The largest absolute Gasteiger partial charge is 0.478 e. The lowest BCUT2D eigenvalue weighted by Gasteiger charge is -2.16. The first-order chi connectivity index (χ1) is 8.49. The minimum absolute atomic E-state index is 0.00128. The van der Waals surface area contributed by atoms with Crippen molar-refractivity contribution >= 4 is 27.6 Å². The topological polar surface area (TPSA) is 49.3 Å². The van der Waals surface area contributed by atoms with E-state index in [2.05, 4.69) is 21.2 Å². The number of benzene rings is 1. The molecule has 0 bridgehead atoms. The van der Waals surface area contributed by atoms with Crippen LogP contribution in [0.4, 0.5) is 10.1 Å². The van der Waals surface area contributed by atoms with Crippen molar-refractivity contribution in [1.82, 2.24) is 0 Å². The number of halogens is 2. The molecule has 1 aromatic rings. The zero-order valence-corrected chi connectivity index (χ0v) is 11.6. The predicted octanol–water partition coefficient (Wildman–Crippen LogP) is 3.89. The van der Waals surface area contributed by atoms with Gasteiger partial charge in [-0.3, -0.25) is 0 Å². The fourth-order valence-electron chi connectivity index (χ4n) is 2.00. The monoisotopic (exact) mass is 315 g/mol. The Hall–Kier alpha value is -1.10. The van der Waals surface area contributed by atoms with Gasteiger partial charge in [-0.2, -0.15) is 0 Å². The molecule has 2 rings (SSSR count). The van der Waals surface area contributed by atoms with Crippen LogP contribution >= 0.6 is 15.9 Å². The van der Waals surface area contributed by atoms with Crippen LogP contribution < -0.4 is 5.32 Å². The van der Waals surface area contributed by atoms with Crippen LogP contribution in [0.1, 0.15) is 36.5 Å². The molecule has 0 aliphatic heterocycles. The number of anilines is 1. The van der Waals surface area contributed by atoms with Gasteiger partial charge in [0.2, 0.25) is 0 Å². The van der Waals surface area contributed by atoms with Crippen LogP contribution in [0.25, 0.3) is 0 Å². The molecule has 18 heavy (non-hydrogen) atoms. The summed E-state index contributed by atoms with van der Waals surface area (Å²) < 4.78 is 14.0. The first kappa shape index (κ1) is 13.3. The Kier molecular flexibility index (Phi) is 3.90. The molecule has 1 unspecified atom stereocenters. The summed E-state index contributed by atoms with van der Waals surface area (Å²) in [6.45, 7) is 2.01. The molecule has 1 aliphatic rings. The number of aromatic carboxylic acids is 1. The number of carboxylic acid groups (broad SMARTS) is 1. The first-order valence-corrected chi connectivity index (χ1v) is 6.76. The smallest absolute Gasteiger partial charge is 0.336 e. The second kappa shape index (κ2) is 5.26. The summed E-state index contributed by atoms with van der Waals surface area (Å²) in [6.07, 6.45) is 3.55. The summed E-state index contributed by atoms with van der Waals surface area (Å²) in [7, 11) is 0. The van der Waals surface area contributed by atoms with Crippen molar-refractivity contribution in [2.24, 2.45) is 5.92 Å². The Bertz CT molecular complexity index is 474.